The van der Waals surface area contributed by atoms with Gasteiger partial charge in [-0.1, -0.05) is 0 Å². The molecule has 0 aliphatic rings. The van der Waals surface area contributed by atoms with Gasteiger partial charge in [-0.25, -0.2) is 0 Å². The monoisotopic (exact) mass is 792 g/mol. The van der Waals surface area contributed by atoms with Gasteiger partial charge in [0.15, 0.2) is 0 Å². The molecule has 0 aliphatic carbocycles. The summed E-state index contributed by atoms with van der Waals surface area (Å²) in [4.78, 5) is 0. The van der Waals surface area contributed by atoms with Crippen molar-refractivity contribution < 1.29 is 0 Å². The van der Waals surface area contributed by atoms with Gasteiger partial charge in [-0.2, -0.15) is 0 Å². The summed E-state index contributed by atoms with van der Waals surface area (Å²) in [5, 5.41) is 0. The quantitative estimate of drug-likeness (QED) is 0.104. The van der Waals surface area contributed by atoms with Crippen molar-refractivity contribution in [2.75, 3.05) is 0 Å². The van der Waals surface area contributed by atoms with Gasteiger partial charge in [-0.15, -0.1) is 0 Å². The Labute approximate surface area is 226 Å². The molecule has 0 fully saturated rings. The summed E-state index contributed by atoms with van der Waals surface area (Å²) in [6.07, 6.45) is 0. The van der Waals surface area contributed by atoms with Gasteiger partial charge in [-0.05, 0) is 0 Å². The fraction of sp³-hybridized carbons (Fsp3) is 0. The summed E-state index contributed by atoms with van der Waals surface area (Å²) in [6.45, 7) is 0. The normalized spacial score (nSPS) is 13.2. The Kier molecular flexibility index (Phi) is 8.91. The molecular formula is C28H20Br4Sn. The first-order valence-electron chi connectivity index (χ1n) is 10.4. The topological polar surface area (TPSA) is 0 Å². The number of hydrogen-bond donors (Lipinski definition) is 0. The van der Waals surface area contributed by atoms with Gasteiger partial charge in [0.05, 0.1) is 0 Å². The summed E-state index contributed by atoms with van der Waals surface area (Å²) in [5.74, 6) is 0. The number of allylic oxidation sites excluding steroid dienone is 2. The van der Waals surface area contributed by atoms with Crippen LogP contribution in [-0.4, -0.2) is 11.7 Å². The molecule has 0 saturated carbocycles. The fourth-order valence-electron chi connectivity index (χ4n) is 3.79. The van der Waals surface area contributed by atoms with E-state index in [2.05, 4.69) is 169 Å². The van der Waals surface area contributed by atoms with Crippen LogP contribution >= 0.6 is 54.0 Å². The van der Waals surface area contributed by atoms with E-state index in [0.29, 0.717) is 0 Å². The average Bonchev–Trinajstić information content (AvgIpc) is 2.85. The molecule has 0 heterocycles. The molecule has 0 radical (unpaired) electrons. The molecule has 0 N–H and O–H groups in total. The minimum atomic E-state index is -3.23. The molecule has 0 atom stereocenters. The molecule has 0 saturated heterocycles. The van der Waals surface area contributed by atoms with E-state index in [9.17, 15) is 0 Å². The molecule has 4 rings (SSSR count). The Hall–Kier alpha value is -0.921. The second-order valence-electron chi connectivity index (χ2n) is 7.40. The predicted molar refractivity (Wildman–Crippen MR) is 161 cm³/mol. The maximum absolute atomic E-state index is 4.07. The van der Waals surface area contributed by atoms with Crippen molar-refractivity contribution in [1.29, 1.82) is 0 Å². The van der Waals surface area contributed by atoms with E-state index in [1.54, 1.807) is 0 Å². The number of rotatable bonds is 6. The van der Waals surface area contributed by atoms with Crippen molar-refractivity contribution in [2.24, 2.45) is 0 Å². The van der Waals surface area contributed by atoms with Gasteiger partial charge >= 0.3 is 229 Å². The zero-order valence-electron chi connectivity index (χ0n) is 17.6. The van der Waals surface area contributed by atoms with Crippen molar-refractivity contribution in [3.63, 3.8) is 0 Å². The van der Waals surface area contributed by atoms with Crippen LogP contribution in [0.15, 0.2) is 121 Å². The van der Waals surface area contributed by atoms with Crippen LogP contribution < -0.4 is 0 Å². The molecule has 0 nitrogen and oxygen atoms in total. The Morgan fingerprint density at radius 3 is 1.15 bits per heavy atom. The Morgan fingerprint density at radius 1 is 0.424 bits per heavy atom. The van der Waals surface area contributed by atoms with Crippen LogP contribution in [0.3, 0.4) is 0 Å². The van der Waals surface area contributed by atoms with Crippen LogP contribution in [0.5, 0.6) is 0 Å². The van der Waals surface area contributed by atoms with E-state index in [4.69, 9.17) is 0 Å². The van der Waals surface area contributed by atoms with Gasteiger partial charge in [0.1, 0.15) is 0 Å². The van der Waals surface area contributed by atoms with Crippen LogP contribution in [0, 0.1) is 0 Å². The molecule has 164 valence electrons. The maximum atomic E-state index is 4.07. The van der Waals surface area contributed by atoms with Crippen molar-refractivity contribution in [3.05, 3.63) is 144 Å². The van der Waals surface area contributed by atoms with Crippen LogP contribution in [-0.2, 0) is 0 Å². The summed E-state index contributed by atoms with van der Waals surface area (Å²) in [5.41, 5.74) is 7.01. The summed E-state index contributed by atoms with van der Waals surface area (Å²) in [7, 11) is 0. The molecule has 4 aromatic rings. The third kappa shape index (κ3) is 6.20. The van der Waals surface area contributed by atoms with Crippen LogP contribution in [0.2, 0.25) is 0 Å². The fourth-order valence-corrected chi connectivity index (χ4v) is 16.1. The van der Waals surface area contributed by atoms with Crippen molar-refractivity contribution in [2.45, 2.75) is 0 Å². The summed E-state index contributed by atoms with van der Waals surface area (Å²) >= 11 is 13.0. The van der Waals surface area contributed by atoms with E-state index in [-0.39, 0.29) is 0 Å². The van der Waals surface area contributed by atoms with Crippen molar-refractivity contribution in [3.8, 4) is 0 Å². The van der Waals surface area contributed by atoms with Crippen molar-refractivity contribution >= 4 is 85.0 Å². The molecule has 0 bridgehead atoms. The standard InChI is InChI=1S/C28H20Br.3BrH.Sn/c29-28(25-19-11-4-12-20-25)27(24-17-9-3-10-18-24)26(23-15-7-2-8-16-23)21-22-13-5-1-6-14-22;;;;/h1-20H;3*1H;/q;;;;+3/p-3/b26-21?,28-27-;;;;. The number of halogens is 4. The predicted octanol–water partition coefficient (Wildman–Crippen LogP) is 10.2. The van der Waals surface area contributed by atoms with Crippen molar-refractivity contribution in [1.82, 2.24) is 0 Å². The first kappa shape index (κ1) is 25.2. The van der Waals surface area contributed by atoms with E-state index in [1.165, 1.54) is 20.3 Å². The third-order valence-corrected chi connectivity index (χ3v) is 17.2. The Morgan fingerprint density at radius 2 is 0.758 bits per heavy atom. The molecule has 0 unspecified atom stereocenters. The average molecular weight is 795 g/mol. The third-order valence-electron chi connectivity index (χ3n) is 5.22. The van der Waals surface area contributed by atoms with E-state index in [1.807, 2.05) is 6.07 Å². The van der Waals surface area contributed by atoms with E-state index in [0.717, 1.165) is 21.2 Å². The van der Waals surface area contributed by atoms with Gasteiger partial charge in [-0.3, -0.25) is 0 Å². The second kappa shape index (κ2) is 11.7. The van der Waals surface area contributed by atoms with Crippen LogP contribution in [0.25, 0.3) is 19.2 Å². The number of benzene rings is 4. The zero-order valence-corrected chi connectivity index (χ0v) is 26.8. The molecule has 0 spiro atoms. The van der Waals surface area contributed by atoms with Gasteiger partial charge in [0.25, 0.3) is 0 Å². The van der Waals surface area contributed by atoms with Gasteiger partial charge < -0.3 is 0 Å². The second-order valence-corrected chi connectivity index (χ2v) is 57.8. The molecule has 0 aliphatic heterocycles. The molecular weight excluding hydrogens is 775 g/mol. The Balaban J connectivity index is 2.19. The molecule has 0 aromatic heterocycles. The first-order valence-corrected chi connectivity index (χ1v) is 31.8. The Bertz CT molecular complexity index is 1260. The SMILES string of the molecule is Br/C(=C(\C(=[C](\c1ccccc1)[Sn]([Br])([Br])[Br])c1ccccc1)c1ccccc1)c1ccccc1. The van der Waals surface area contributed by atoms with E-state index >= 15 is 0 Å². The molecule has 4 aromatic carbocycles. The van der Waals surface area contributed by atoms with Crippen LogP contribution in [0.1, 0.15) is 22.3 Å². The van der Waals surface area contributed by atoms with Crippen LogP contribution in [0.4, 0.5) is 0 Å². The summed E-state index contributed by atoms with van der Waals surface area (Å²) < 4.78 is 2.34. The van der Waals surface area contributed by atoms with Gasteiger partial charge in [0, 0.05) is 0 Å². The minimum absolute atomic E-state index is 1.06. The summed E-state index contributed by atoms with van der Waals surface area (Å²) in [6, 6.07) is 42.4. The number of hydrogen-bond acceptors (Lipinski definition) is 0. The van der Waals surface area contributed by atoms with E-state index < -0.39 is 11.7 Å². The van der Waals surface area contributed by atoms with Gasteiger partial charge in [0.2, 0.25) is 0 Å². The molecule has 0 amide bonds. The first-order chi connectivity index (χ1) is 16.0. The molecule has 33 heavy (non-hydrogen) atoms. The molecule has 5 heteroatoms. The zero-order chi connectivity index (χ0) is 23.3.